The maximum atomic E-state index is 13.5. The van der Waals surface area contributed by atoms with Crippen molar-refractivity contribution in [3.63, 3.8) is 0 Å². The second kappa shape index (κ2) is 12.1. The Bertz CT molecular complexity index is 1090. The van der Waals surface area contributed by atoms with Crippen LogP contribution in [0.4, 0.5) is 0 Å². The number of carboxylic acid groups (broad SMARTS) is 1. The monoisotopic (exact) mass is 512 g/mol. The lowest BCUT2D eigenvalue weighted by Crippen LogP contribution is -2.56. The van der Waals surface area contributed by atoms with Gasteiger partial charge in [0.05, 0.1) is 12.6 Å². The summed E-state index contributed by atoms with van der Waals surface area (Å²) in [5.41, 5.74) is 1.16. The minimum Gasteiger partial charge on any atom is -0.480 e. The number of fused-ring (bicyclic) bond motifs is 2. The van der Waals surface area contributed by atoms with Crippen LogP contribution in [-0.4, -0.2) is 64.4 Å². The number of aliphatic carboxylic acids is 1. The van der Waals surface area contributed by atoms with Gasteiger partial charge in [-0.25, -0.2) is 4.79 Å². The molecule has 0 bridgehead atoms. The van der Waals surface area contributed by atoms with E-state index in [2.05, 4.69) is 35.6 Å². The van der Waals surface area contributed by atoms with E-state index in [9.17, 15) is 19.5 Å². The molecule has 1 aliphatic carbocycles. The first-order chi connectivity index (χ1) is 17.4. The normalized spacial score (nSPS) is 23.2. The molecule has 1 heterocycles. The Balaban J connectivity index is 1.40. The third-order valence-electron chi connectivity index (χ3n) is 7.39. The molecular formula is C28H36N2O5S. The number of nitrogens with one attached hydrogen (secondary N) is 1. The summed E-state index contributed by atoms with van der Waals surface area (Å²) in [6, 6.07) is 12.4. The fourth-order valence-corrected chi connectivity index (χ4v) is 6.65. The van der Waals surface area contributed by atoms with Crippen LogP contribution in [0.15, 0.2) is 42.5 Å². The second-order valence-corrected chi connectivity index (χ2v) is 10.9. The summed E-state index contributed by atoms with van der Waals surface area (Å²) >= 11 is 1.60. The fraction of sp³-hybridized carbons (Fsp3) is 0.536. The summed E-state index contributed by atoms with van der Waals surface area (Å²) in [5, 5.41) is 15.3. The molecule has 1 aliphatic heterocycles. The number of thioether (sulfide) groups is 1. The molecule has 0 radical (unpaired) electrons. The number of ether oxygens (including phenoxy) is 1. The highest BCUT2D eigenvalue weighted by molar-refractivity contribution is 7.98. The van der Waals surface area contributed by atoms with E-state index < -0.39 is 30.1 Å². The van der Waals surface area contributed by atoms with Gasteiger partial charge in [-0.2, -0.15) is 11.8 Å². The van der Waals surface area contributed by atoms with Crippen LogP contribution in [0.3, 0.4) is 0 Å². The first-order valence-corrected chi connectivity index (χ1v) is 14.1. The van der Waals surface area contributed by atoms with Gasteiger partial charge in [-0.05, 0) is 55.4 Å². The van der Waals surface area contributed by atoms with Crippen LogP contribution in [0.5, 0.6) is 0 Å². The lowest BCUT2D eigenvalue weighted by molar-refractivity contribution is -0.151. The molecule has 2 fully saturated rings. The van der Waals surface area contributed by atoms with E-state index in [0.717, 1.165) is 37.0 Å². The van der Waals surface area contributed by atoms with Crippen molar-refractivity contribution in [2.75, 3.05) is 12.4 Å². The van der Waals surface area contributed by atoms with Gasteiger partial charge in [0.1, 0.15) is 12.1 Å². The van der Waals surface area contributed by atoms with Crippen LogP contribution >= 0.6 is 11.8 Å². The van der Waals surface area contributed by atoms with Crippen molar-refractivity contribution in [3.8, 4) is 0 Å². The Hall–Kier alpha value is -2.58. The highest BCUT2D eigenvalue weighted by atomic mass is 32.2. The van der Waals surface area contributed by atoms with Crippen molar-refractivity contribution in [1.82, 2.24) is 10.2 Å². The van der Waals surface area contributed by atoms with Gasteiger partial charge in [-0.1, -0.05) is 55.3 Å². The van der Waals surface area contributed by atoms with Crippen LogP contribution < -0.4 is 5.32 Å². The molecule has 2 N–H and O–H groups in total. The first kappa shape index (κ1) is 26.5. The number of esters is 1. The zero-order chi connectivity index (χ0) is 25.7. The van der Waals surface area contributed by atoms with Gasteiger partial charge in [0.15, 0.2) is 0 Å². The molecule has 1 amide bonds. The maximum Gasteiger partial charge on any atom is 0.326 e. The number of nitrogens with zero attached hydrogens (tertiary/aromatic N) is 1. The topological polar surface area (TPSA) is 95.9 Å². The molecule has 2 aromatic carbocycles. The van der Waals surface area contributed by atoms with Crippen LogP contribution in [0, 0.1) is 5.92 Å². The van der Waals surface area contributed by atoms with Crippen molar-refractivity contribution in [1.29, 1.82) is 0 Å². The molecule has 2 aromatic rings. The van der Waals surface area contributed by atoms with E-state index in [0.29, 0.717) is 12.2 Å². The molecule has 0 spiro atoms. The predicted octanol–water partition coefficient (Wildman–Crippen LogP) is 4.23. The van der Waals surface area contributed by atoms with E-state index in [1.54, 1.807) is 30.5 Å². The average Bonchev–Trinajstić information content (AvgIpc) is 3.27. The maximum absolute atomic E-state index is 13.5. The number of amides is 1. The molecular weight excluding hydrogens is 476 g/mol. The number of hydrogen-bond acceptors (Lipinski definition) is 6. The lowest BCUT2D eigenvalue weighted by Gasteiger charge is -2.35. The summed E-state index contributed by atoms with van der Waals surface area (Å²) in [6.07, 6.45) is 4.42. The van der Waals surface area contributed by atoms with E-state index >= 15 is 0 Å². The van der Waals surface area contributed by atoms with Gasteiger partial charge >= 0.3 is 11.9 Å². The number of carbonyl (C=O) groups is 3. The summed E-state index contributed by atoms with van der Waals surface area (Å²) in [6.45, 7) is 3.74. The molecule has 2 aliphatic rings. The standard InChI is InChI=1S/C28H36N2O5S/c1-3-35-28(34)23(17-36-16-19-12-13-20-8-4-5-9-21(20)14-19)29-18(2)26(31)30-24-11-7-6-10-22(24)15-25(30)27(32)33/h4-5,8-9,12-14,18,22-25,29H,3,6-7,10-11,15-17H2,1-2H3,(H,32,33)/t18?,22-,23+,24-,25+/m1/s1. The van der Waals surface area contributed by atoms with Crippen LogP contribution in [0.25, 0.3) is 10.8 Å². The molecule has 36 heavy (non-hydrogen) atoms. The second-order valence-electron chi connectivity index (χ2n) is 9.84. The molecule has 7 nitrogen and oxygen atoms in total. The lowest BCUT2D eigenvalue weighted by atomic mass is 9.84. The average molecular weight is 513 g/mol. The highest BCUT2D eigenvalue weighted by Gasteiger charge is 2.48. The number of rotatable bonds is 10. The van der Waals surface area contributed by atoms with E-state index in [4.69, 9.17) is 4.74 Å². The molecule has 1 unspecified atom stereocenters. The van der Waals surface area contributed by atoms with Crippen molar-refractivity contribution in [2.45, 2.75) is 75.9 Å². The number of benzene rings is 2. The number of likely N-dealkylation sites (tertiary alicyclic amines) is 1. The zero-order valence-electron chi connectivity index (χ0n) is 21.0. The van der Waals surface area contributed by atoms with Crippen molar-refractivity contribution >= 4 is 40.4 Å². The Labute approximate surface area is 216 Å². The van der Waals surface area contributed by atoms with Crippen LogP contribution in [-0.2, 0) is 24.9 Å². The van der Waals surface area contributed by atoms with Gasteiger partial charge < -0.3 is 14.7 Å². The van der Waals surface area contributed by atoms with Crippen LogP contribution in [0.2, 0.25) is 0 Å². The Morgan fingerprint density at radius 2 is 1.89 bits per heavy atom. The van der Waals surface area contributed by atoms with Gasteiger partial charge in [-0.15, -0.1) is 0 Å². The van der Waals surface area contributed by atoms with Gasteiger partial charge in [0, 0.05) is 17.5 Å². The van der Waals surface area contributed by atoms with E-state index in [-0.39, 0.29) is 24.5 Å². The SMILES string of the molecule is CCOC(=O)[C@H](CSCc1ccc2ccccc2c1)NC(C)C(=O)N1[C@@H]2CCCC[C@@H]2C[C@H]1C(=O)O. The van der Waals surface area contributed by atoms with Gasteiger partial charge in [0.2, 0.25) is 5.91 Å². The predicted molar refractivity (Wildman–Crippen MR) is 142 cm³/mol. The Morgan fingerprint density at radius 3 is 2.64 bits per heavy atom. The van der Waals surface area contributed by atoms with Crippen molar-refractivity contribution < 1.29 is 24.2 Å². The first-order valence-electron chi connectivity index (χ1n) is 12.9. The molecule has 0 aromatic heterocycles. The summed E-state index contributed by atoms with van der Waals surface area (Å²) < 4.78 is 5.28. The van der Waals surface area contributed by atoms with Crippen molar-refractivity contribution in [3.05, 3.63) is 48.0 Å². The third kappa shape index (κ3) is 6.03. The fourth-order valence-electron chi connectivity index (χ4n) is 5.64. The zero-order valence-corrected chi connectivity index (χ0v) is 21.8. The molecule has 4 rings (SSSR count). The number of hydrogen-bond donors (Lipinski definition) is 2. The summed E-state index contributed by atoms with van der Waals surface area (Å²) in [4.78, 5) is 39.8. The quantitative estimate of drug-likeness (QED) is 0.460. The number of carboxylic acids is 1. The Kier molecular flexibility index (Phi) is 8.90. The minimum atomic E-state index is -0.946. The third-order valence-corrected chi connectivity index (χ3v) is 8.49. The molecule has 1 saturated carbocycles. The molecule has 1 saturated heterocycles. The minimum absolute atomic E-state index is 0.0279. The molecule has 8 heteroatoms. The Morgan fingerprint density at radius 1 is 1.14 bits per heavy atom. The summed E-state index contributed by atoms with van der Waals surface area (Å²) in [7, 11) is 0. The van der Waals surface area contributed by atoms with Gasteiger partial charge in [-0.3, -0.25) is 14.9 Å². The van der Waals surface area contributed by atoms with Gasteiger partial charge in [0.25, 0.3) is 0 Å². The van der Waals surface area contributed by atoms with E-state index in [1.165, 1.54) is 10.8 Å². The van der Waals surface area contributed by atoms with Crippen LogP contribution in [0.1, 0.15) is 51.5 Å². The smallest absolute Gasteiger partial charge is 0.326 e. The number of carbonyl (C=O) groups excluding carboxylic acids is 2. The van der Waals surface area contributed by atoms with E-state index in [1.807, 2.05) is 12.1 Å². The summed E-state index contributed by atoms with van der Waals surface area (Å²) in [5.74, 6) is -0.174. The molecule has 5 atom stereocenters. The largest absolute Gasteiger partial charge is 0.480 e. The van der Waals surface area contributed by atoms with Crippen molar-refractivity contribution in [2.24, 2.45) is 5.92 Å². The molecule has 194 valence electrons. The highest BCUT2D eigenvalue weighted by Crippen LogP contribution is 2.40.